The van der Waals surface area contributed by atoms with E-state index in [0.29, 0.717) is 16.9 Å². The zero-order valence-corrected chi connectivity index (χ0v) is 22.2. The molecule has 3 amide bonds. The molecule has 0 aromatic carbocycles. The number of halogens is 1. The van der Waals surface area contributed by atoms with Crippen LogP contribution in [0.5, 0.6) is 0 Å². The molecule has 2 aromatic heterocycles. The molecule has 2 aliphatic carbocycles. The minimum Gasteiger partial charge on any atom is -0.353 e. The number of rotatable bonds is 6. The van der Waals surface area contributed by atoms with Crippen molar-refractivity contribution in [1.82, 2.24) is 30.3 Å². The Labute approximate surface area is 217 Å². The average Bonchev–Trinajstić information content (AvgIpc) is 3.46. The third-order valence-electron chi connectivity index (χ3n) is 7.73. The Kier molecular flexibility index (Phi) is 6.72. The van der Waals surface area contributed by atoms with Gasteiger partial charge in [-0.25, -0.2) is 9.78 Å². The van der Waals surface area contributed by atoms with E-state index in [1.54, 1.807) is 6.20 Å². The highest BCUT2D eigenvalue weighted by atomic mass is 35.5. The number of amides is 3. The molecule has 0 bridgehead atoms. The van der Waals surface area contributed by atoms with Crippen LogP contribution in [0.1, 0.15) is 51.6 Å². The Morgan fingerprint density at radius 1 is 1.08 bits per heavy atom. The first-order valence-corrected chi connectivity index (χ1v) is 13.2. The van der Waals surface area contributed by atoms with Gasteiger partial charge in [-0.1, -0.05) is 25.4 Å². The van der Waals surface area contributed by atoms with E-state index < -0.39 is 0 Å². The van der Waals surface area contributed by atoms with Crippen LogP contribution in [0.15, 0.2) is 18.5 Å². The molecule has 194 valence electrons. The monoisotopic (exact) mass is 513 g/mol. The first-order valence-electron chi connectivity index (χ1n) is 12.8. The van der Waals surface area contributed by atoms with Crippen LogP contribution in [0, 0.1) is 11.3 Å². The molecule has 0 radical (unpaired) electrons. The summed E-state index contributed by atoms with van der Waals surface area (Å²) in [6.45, 7) is 5.33. The lowest BCUT2D eigenvalue weighted by molar-refractivity contribution is -0.123. The number of carbonyl (C=O) groups is 2. The van der Waals surface area contributed by atoms with Gasteiger partial charge in [0.05, 0.1) is 17.1 Å². The van der Waals surface area contributed by atoms with Gasteiger partial charge in [0.1, 0.15) is 5.82 Å². The van der Waals surface area contributed by atoms with Crippen LogP contribution in [0.2, 0.25) is 5.02 Å². The second-order valence-corrected chi connectivity index (χ2v) is 12.0. The van der Waals surface area contributed by atoms with Crippen LogP contribution < -0.4 is 16.0 Å². The molecular formula is C26H36ClN7O2. The molecule has 2 saturated carbocycles. The minimum absolute atomic E-state index is 0.0709. The van der Waals surface area contributed by atoms with Crippen molar-refractivity contribution >= 4 is 29.4 Å². The molecule has 9 nitrogen and oxygen atoms in total. The number of nitrogens with zero attached hydrogens (tertiary/aromatic N) is 4. The lowest BCUT2D eigenvalue weighted by Gasteiger charge is -2.29. The number of pyridine rings is 1. The molecule has 0 spiro atoms. The molecule has 2 unspecified atom stereocenters. The third-order valence-corrected chi connectivity index (χ3v) is 8.03. The summed E-state index contributed by atoms with van der Waals surface area (Å²) in [7, 11) is 4.04. The van der Waals surface area contributed by atoms with Crippen molar-refractivity contribution in [3.8, 4) is 11.1 Å². The molecule has 3 N–H and O–H groups in total. The Morgan fingerprint density at radius 3 is 2.44 bits per heavy atom. The molecule has 2 fully saturated rings. The Hall–Kier alpha value is -2.65. The summed E-state index contributed by atoms with van der Waals surface area (Å²) in [6.07, 6.45) is 8.67. The molecule has 1 aliphatic heterocycles. The maximum Gasteiger partial charge on any atom is 0.320 e. The maximum atomic E-state index is 12.7. The summed E-state index contributed by atoms with van der Waals surface area (Å²) in [6, 6.07) is 2.16. The molecule has 2 aromatic rings. The zero-order valence-electron chi connectivity index (χ0n) is 21.5. The normalized spacial score (nSPS) is 26.4. The lowest BCUT2D eigenvalue weighted by atomic mass is 9.89. The fourth-order valence-corrected chi connectivity index (χ4v) is 5.85. The predicted octanol–water partition coefficient (Wildman–Crippen LogP) is 3.68. The van der Waals surface area contributed by atoms with Crippen LogP contribution in [-0.4, -0.2) is 63.8 Å². The first-order chi connectivity index (χ1) is 17.1. The summed E-state index contributed by atoms with van der Waals surface area (Å²) in [4.78, 5) is 31.6. The van der Waals surface area contributed by atoms with Gasteiger partial charge in [-0.3, -0.25) is 14.8 Å². The van der Waals surface area contributed by atoms with Gasteiger partial charge in [0.15, 0.2) is 0 Å². The highest BCUT2D eigenvalue weighted by Crippen LogP contribution is 2.39. The third kappa shape index (κ3) is 5.37. The number of nitrogens with one attached hydrogen (secondary N) is 3. The van der Waals surface area contributed by atoms with E-state index in [4.69, 9.17) is 11.6 Å². The predicted molar refractivity (Wildman–Crippen MR) is 140 cm³/mol. The van der Waals surface area contributed by atoms with E-state index in [9.17, 15) is 9.59 Å². The summed E-state index contributed by atoms with van der Waals surface area (Å²) in [5.74, 6) is 0.735. The van der Waals surface area contributed by atoms with E-state index in [0.717, 1.165) is 61.9 Å². The van der Waals surface area contributed by atoms with Crippen LogP contribution in [0.25, 0.3) is 11.1 Å². The molecule has 0 saturated heterocycles. The SMILES string of the molecule is CN(C)C1CC1C(=O)NC1CCC(NC(=O)Nc2cc(-c3cnn4c3CC(C)(C)C4)c(Cl)cn2)CC1. The highest BCUT2D eigenvalue weighted by molar-refractivity contribution is 6.33. The number of aromatic nitrogens is 3. The Morgan fingerprint density at radius 2 is 1.78 bits per heavy atom. The summed E-state index contributed by atoms with van der Waals surface area (Å²) in [5, 5.41) is 14.2. The van der Waals surface area contributed by atoms with Crippen molar-refractivity contribution < 1.29 is 9.59 Å². The molecular weight excluding hydrogens is 478 g/mol. The molecule has 5 rings (SSSR count). The molecule has 36 heavy (non-hydrogen) atoms. The van der Waals surface area contributed by atoms with Gasteiger partial charge in [-0.05, 0) is 64.1 Å². The molecule has 3 aliphatic rings. The van der Waals surface area contributed by atoms with Crippen molar-refractivity contribution in [2.45, 2.75) is 77.0 Å². The second-order valence-electron chi connectivity index (χ2n) is 11.6. The van der Waals surface area contributed by atoms with Gasteiger partial charge >= 0.3 is 6.03 Å². The Bertz CT molecular complexity index is 1150. The summed E-state index contributed by atoms with van der Waals surface area (Å²) >= 11 is 6.49. The largest absolute Gasteiger partial charge is 0.353 e. The van der Waals surface area contributed by atoms with Gasteiger partial charge in [0, 0.05) is 47.7 Å². The number of anilines is 1. The van der Waals surface area contributed by atoms with Gasteiger partial charge < -0.3 is 15.5 Å². The van der Waals surface area contributed by atoms with Crippen LogP contribution in [-0.2, 0) is 17.8 Å². The fraction of sp³-hybridized carbons (Fsp3) is 0.615. The van der Waals surface area contributed by atoms with Gasteiger partial charge in [0.25, 0.3) is 0 Å². The van der Waals surface area contributed by atoms with E-state index in [2.05, 4.69) is 44.8 Å². The van der Waals surface area contributed by atoms with Crippen LogP contribution in [0.3, 0.4) is 0 Å². The zero-order chi connectivity index (χ0) is 25.6. The van der Waals surface area contributed by atoms with Crippen molar-refractivity contribution in [2.75, 3.05) is 19.4 Å². The van der Waals surface area contributed by atoms with Crippen molar-refractivity contribution in [1.29, 1.82) is 0 Å². The van der Waals surface area contributed by atoms with Crippen LogP contribution in [0.4, 0.5) is 10.6 Å². The lowest BCUT2D eigenvalue weighted by Crippen LogP contribution is -2.45. The maximum absolute atomic E-state index is 12.7. The van der Waals surface area contributed by atoms with E-state index >= 15 is 0 Å². The minimum atomic E-state index is -0.281. The smallest absolute Gasteiger partial charge is 0.320 e. The molecule has 10 heteroatoms. The summed E-state index contributed by atoms with van der Waals surface area (Å²) < 4.78 is 2.04. The standard InChI is InChI=1S/C26H36ClN7O2/c1-26(2)11-22-19(12-29-34(22)14-26)17-10-23(28-13-20(17)27)32-25(36)31-16-7-5-15(6-8-16)30-24(35)18-9-21(18)33(3)4/h10,12-13,15-16,18,21H,5-9,11,14H2,1-4H3,(H,30,35)(H2,28,31,32,36). The average molecular weight is 514 g/mol. The van der Waals surface area contributed by atoms with Gasteiger partial charge in [-0.15, -0.1) is 0 Å². The fourth-order valence-electron chi connectivity index (χ4n) is 5.65. The Balaban J connectivity index is 1.13. The number of hydrogen-bond donors (Lipinski definition) is 3. The second kappa shape index (κ2) is 9.67. The van der Waals surface area contributed by atoms with E-state index in [-0.39, 0.29) is 35.4 Å². The van der Waals surface area contributed by atoms with Gasteiger partial charge in [0.2, 0.25) is 5.91 Å². The number of fused-ring (bicyclic) bond motifs is 1. The first kappa shape index (κ1) is 25.0. The quantitative estimate of drug-likeness (QED) is 0.546. The van der Waals surface area contributed by atoms with Crippen molar-refractivity contribution in [2.24, 2.45) is 11.3 Å². The molecule has 3 heterocycles. The van der Waals surface area contributed by atoms with Crippen molar-refractivity contribution in [3.05, 3.63) is 29.2 Å². The summed E-state index contributed by atoms with van der Waals surface area (Å²) in [5.41, 5.74) is 3.13. The topological polar surface area (TPSA) is 104 Å². The number of carbonyl (C=O) groups excluding carboxylic acids is 2. The molecule has 2 atom stereocenters. The number of hydrogen-bond acceptors (Lipinski definition) is 5. The van der Waals surface area contributed by atoms with E-state index in [1.807, 2.05) is 31.0 Å². The van der Waals surface area contributed by atoms with E-state index in [1.165, 1.54) is 0 Å². The van der Waals surface area contributed by atoms with Crippen LogP contribution >= 0.6 is 11.6 Å². The highest BCUT2D eigenvalue weighted by Gasteiger charge is 2.45. The van der Waals surface area contributed by atoms with Crippen molar-refractivity contribution in [3.63, 3.8) is 0 Å². The van der Waals surface area contributed by atoms with Gasteiger partial charge in [-0.2, -0.15) is 5.10 Å². The number of urea groups is 1.